The first-order valence-corrected chi connectivity index (χ1v) is 6.67. The largest absolute Gasteiger partial charge is 0.307 e. The summed E-state index contributed by atoms with van der Waals surface area (Å²) in [7, 11) is 0. The van der Waals surface area contributed by atoms with E-state index in [-0.39, 0.29) is 11.9 Å². The molecule has 1 unspecified atom stereocenters. The first kappa shape index (κ1) is 14.4. The van der Waals surface area contributed by atoms with E-state index in [2.05, 4.69) is 34.2 Å². The van der Waals surface area contributed by atoms with Crippen molar-refractivity contribution in [3.8, 4) is 0 Å². The predicted molar refractivity (Wildman–Crippen MR) is 74.6 cm³/mol. The van der Waals surface area contributed by atoms with Crippen LogP contribution in [0, 0.1) is 5.82 Å². The topological polar surface area (TPSA) is 12.0 Å². The fourth-order valence-corrected chi connectivity index (χ4v) is 2.16. The lowest BCUT2D eigenvalue weighted by Gasteiger charge is -2.17. The molecule has 0 aliphatic carbocycles. The van der Waals surface area contributed by atoms with Crippen LogP contribution in [0.4, 0.5) is 4.39 Å². The molecule has 0 radical (unpaired) electrons. The Labute approximate surface area is 111 Å². The highest BCUT2D eigenvalue weighted by atomic mass is 79.9. The minimum atomic E-state index is -0.215. The van der Waals surface area contributed by atoms with Crippen LogP contribution in [0.15, 0.2) is 34.3 Å². The zero-order valence-corrected chi connectivity index (χ0v) is 12.1. The van der Waals surface area contributed by atoms with Crippen molar-refractivity contribution < 1.29 is 4.39 Å². The van der Waals surface area contributed by atoms with Crippen molar-refractivity contribution >= 4 is 15.9 Å². The number of benzene rings is 1. The maximum absolute atomic E-state index is 13.5. The summed E-state index contributed by atoms with van der Waals surface area (Å²) in [5, 5.41) is 3.41. The second kappa shape index (κ2) is 6.92. The van der Waals surface area contributed by atoms with Crippen LogP contribution in [0.25, 0.3) is 0 Å². The first-order chi connectivity index (χ1) is 8.06. The summed E-state index contributed by atoms with van der Waals surface area (Å²) >= 11 is 3.32. The van der Waals surface area contributed by atoms with Crippen molar-refractivity contribution in [2.24, 2.45) is 0 Å². The summed E-state index contributed by atoms with van der Waals surface area (Å²) in [5.74, 6) is -0.215. The standard InChI is InChI=1S/C14H19BrFN/c1-4-8-17-13(9-10(2)3)11-6-5-7-12(16)14(11)15/h5-7,9,13,17H,4,8H2,1-3H3. The van der Waals surface area contributed by atoms with E-state index in [9.17, 15) is 4.39 Å². The second-order valence-corrected chi connectivity index (χ2v) is 5.11. The zero-order valence-electron chi connectivity index (χ0n) is 10.6. The number of hydrogen-bond donors (Lipinski definition) is 1. The molecule has 1 atom stereocenters. The van der Waals surface area contributed by atoms with E-state index in [1.165, 1.54) is 11.6 Å². The monoisotopic (exact) mass is 299 g/mol. The Kier molecular flexibility index (Phi) is 5.86. The lowest BCUT2D eigenvalue weighted by Crippen LogP contribution is -2.21. The van der Waals surface area contributed by atoms with E-state index in [1.54, 1.807) is 6.07 Å². The van der Waals surface area contributed by atoms with Crippen LogP contribution < -0.4 is 5.32 Å². The van der Waals surface area contributed by atoms with Crippen molar-refractivity contribution in [3.05, 3.63) is 45.7 Å². The molecule has 0 bridgehead atoms. The van der Waals surface area contributed by atoms with Gasteiger partial charge in [0.25, 0.3) is 0 Å². The maximum Gasteiger partial charge on any atom is 0.137 e. The van der Waals surface area contributed by atoms with E-state index >= 15 is 0 Å². The first-order valence-electron chi connectivity index (χ1n) is 5.88. The Morgan fingerprint density at radius 1 is 1.47 bits per heavy atom. The number of halogens is 2. The molecule has 1 aromatic carbocycles. The smallest absolute Gasteiger partial charge is 0.137 e. The van der Waals surface area contributed by atoms with Gasteiger partial charge in [-0.1, -0.05) is 30.7 Å². The quantitative estimate of drug-likeness (QED) is 0.784. The number of hydrogen-bond acceptors (Lipinski definition) is 1. The molecule has 0 aliphatic rings. The van der Waals surface area contributed by atoms with Crippen molar-refractivity contribution in [1.29, 1.82) is 0 Å². The molecule has 94 valence electrons. The minimum Gasteiger partial charge on any atom is -0.307 e. The molecule has 1 N–H and O–H groups in total. The summed E-state index contributed by atoms with van der Waals surface area (Å²) in [6.07, 6.45) is 3.18. The van der Waals surface area contributed by atoms with Gasteiger partial charge in [0.1, 0.15) is 5.82 Å². The molecule has 0 fully saturated rings. The number of nitrogens with one attached hydrogen (secondary N) is 1. The van der Waals surface area contributed by atoms with E-state index in [1.807, 2.05) is 19.9 Å². The molecule has 1 rings (SSSR count). The van der Waals surface area contributed by atoms with Crippen LogP contribution in [-0.2, 0) is 0 Å². The molecular formula is C14H19BrFN. The average molecular weight is 300 g/mol. The van der Waals surface area contributed by atoms with Crippen molar-refractivity contribution in [1.82, 2.24) is 5.32 Å². The molecule has 1 aromatic rings. The molecule has 0 saturated carbocycles. The van der Waals surface area contributed by atoms with Gasteiger partial charge in [-0.05, 0) is 54.4 Å². The second-order valence-electron chi connectivity index (χ2n) is 4.32. The Morgan fingerprint density at radius 3 is 2.76 bits per heavy atom. The van der Waals surface area contributed by atoms with E-state index in [0.29, 0.717) is 4.47 Å². The normalized spacial score (nSPS) is 12.3. The van der Waals surface area contributed by atoms with Crippen LogP contribution in [0.3, 0.4) is 0 Å². The highest BCUT2D eigenvalue weighted by Gasteiger charge is 2.13. The van der Waals surface area contributed by atoms with Crippen LogP contribution in [-0.4, -0.2) is 6.54 Å². The van der Waals surface area contributed by atoms with Crippen LogP contribution in [0.2, 0.25) is 0 Å². The van der Waals surface area contributed by atoms with Gasteiger partial charge in [0.15, 0.2) is 0 Å². The summed E-state index contributed by atoms with van der Waals surface area (Å²) in [5.41, 5.74) is 2.16. The summed E-state index contributed by atoms with van der Waals surface area (Å²) < 4.78 is 14.1. The minimum absolute atomic E-state index is 0.0602. The van der Waals surface area contributed by atoms with E-state index < -0.39 is 0 Å². The van der Waals surface area contributed by atoms with Gasteiger partial charge in [0.2, 0.25) is 0 Å². The molecule has 17 heavy (non-hydrogen) atoms. The lowest BCUT2D eigenvalue weighted by molar-refractivity contribution is 0.587. The Balaban J connectivity index is 3.03. The molecule has 1 nitrogen and oxygen atoms in total. The fraction of sp³-hybridized carbons (Fsp3) is 0.429. The third-order valence-electron chi connectivity index (χ3n) is 2.43. The predicted octanol–water partition coefficient (Wildman–Crippen LogP) is 4.60. The van der Waals surface area contributed by atoms with Crippen LogP contribution in [0.5, 0.6) is 0 Å². The van der Waals surface area contributed by atoms with E-state index in [0.717, 1.165) is 18.5 Å². The summed E-state index contributed by atoms with van der Waals surface area (Å²) in [6.45, 7) is 7.13. The molecule has 0 saturated heterocycles. The average Bonchev–Trinajstić information content (AvgIpc) is 2.28. The van der Waals surface area contributed by atoms with Gasteiger partial charge in [-0.2, -0.15) is 0 Å². The third-order valence-corrected chi connectivity index (χ3v) is 3.27. The Morgan fingerprint density at radius 2 is 2.18 bits per heavy atom. The summed E-state index contributed by atoms with van der Waals surface area (Å²) in [4.78, 5) is 0. The Hall–Kier alpha value is -0.670. The maximum atomic E-state index is 13.5. The number of rotatable bonds is 5. The molecule has 0 heterocycles. The Bertz CT molecular complexity index is 397. The number of allylic oxidation sites excluding steroid dienone is 1. The molecule has 0 amide bonds. The van der Waals surface area contributed by atoms with Crippen molar-refractivity contribution in [2.75, 3.05) is 6.54 Å². The van der Waals surface area contributed by atoms with Gasteiger partial charge < -0.3 is 5.32 Å². The molecule has 0 aliphatic heterocycles. The third kappa shape index (κ3) is 4.25. The highest BCUT2D eigenvalue weighted by Crippen LogP contribution is 2.27. The fourth-order valence-electron chi connectivity index (χ4n) is 1.65. The van der Waals surface area contributed by atoms with Gasteiger partial charge in [-0.3, -0.25) is 0 Å². The lowest BCUT2D eigenvalue weighted by atomic mass is 10.0. The van der Waals surface area contributed by atoms with Gasteiger partial charge >= 0.3 is 0 Å². The van der Waals surface area contributed by atoms with Crippen molar-refractivity contribution in [2.45, 2.75) is 33.2 Å². The van der Waals surface area contributed by atoms with Crippen LogP contribution in [0.1, 0.15) is 38.8 Å². The molecule has 3 heteroatoms. The highest BCUT2D eigenvalue weighted by molar-refractivity contribution is 9.10. The molecular weight excluding hydrogens is 281 g/mol. The SMILES string of the molecule is CCCNC(C=C(C)C)c1cccc(F)c1Br. The zero-order chi connectivity index (χ0) is 12.8. The van der Waals surface area contributed by atoms with Crippen LogP contribution >= 0.6 is 15.9 Å². The molecule has 0 spiro atoms. The molecule has 0 aromatic heterocycles. The van der Waals surface area contributed by atoms with Gasteiger partial charge in [0.05, 0.1) is 10.5 Å². The van der Waals surface area contributed by atoms with Gasteiger partial charge in [-0.25, -0.2) is 4.39 Å². The van der Waals surface area contributed by atoms with Crippen molar-refractivity contribution in [3.63, 3.8) is 0 Å². The summed E-state index contributed by atoms with van der Waals surface area (Å²) in [6, 6.07) is 5.21. The van der Waals surface area contributed by atoms with Gasteiger partial charge in [0, 0.05) is 0 Å². The van der Waals surface area contributed by atoms with E-state index in [4.69, 9.17) is 0 Å². The van der Waals surface area contributed by atoms with Gasteiger partial charge in [-0.15, -0.1) is 0 Å².